The molecule has 0 radical (unpaired) electrons. The summed E-state index contributed by atoms with van der Waals surface area (Å²) in [6.07, 6.45) is 12.9. The number of fused-ring (bicyclic) bond motifs is 7. The van der Waals surface area contributed by atoms with Gasteiger partial charge in [-0.3, -0.25) is 0 Å². The molecule has 2 heteroatoms. The molecule has 0 aliphatic heterocycles. The number of rotatable bonds is 1. The first-order valence-electron chi connectivity index (χ1n) is 13.5. The van der Waals surface area contributed by atoms with Crippen LogP contribution < -0.4 is 0 Å². The molecule has 0 amide bonds. The van der Waals surface area contributed by atoms with E-state index in [1.807, 2.05) is 0 Å². The minimum Gasteiger partial charge on any atom is -0.396 e. The van der Waals surface area contributed by atoms with Crippen molar-refractivity contribution in [1.82, 2.24) is 0 Å². The Balaban J connectivity index is 1.59. The van der Waals surface area contributed by atoms with Crippen LogP contribution in [0.3, 0.4) is 0 Å². The molecule has 0 bridgehead atoms. The average molecular weight is 441 g/mol. The fraction of sp³-hybridized carbons (Fsp3) is 0.867. The summed E-state index contributed by atoms with van der Waals surface area (Å²) in [6, 6.07) is 0. The molecule has 0 saturated heterocycles. The van der Waals surface area contributed by atoms with E-state index in [-0.39, 0.29) is 27.8 Å². The summed E-state index contributed by atoms with van der Waals surface area (Å²) in [4.78, 5) is 0. The molecule has 5 aliphatic rings. The van der Waals surface area contributed by atoms with E-state index in [0.717, 1.165) is 12.8 Å². The zero-order valence-electron chi connectivity index (χ0n) is 21.6. The Hall–Kier alpha value is -0.600. The van der Waals surface area contributed by atoms with Crippen LogP contribution in [0, 0.1) is 50.7 Å². The van der Waals surface area contributed by atoms with Crippen LogP contribution in [0.5, 0.6) is 0 Å². The maximum atomic E-state index is 10.9. The van der Waals surface area contributed by atoms with Crippen molar-refractivity contribution >= 4 is 0 Å². The fourth-order valence-electron chi connectivity index (χ4n) is 10.4. The van der Waals surface area contributed by atoms with E-state index in [9.17, 15) is 10.2 Å². The highest BCUT2D eigenvalue weighted by atomic mass is 16.3. The average Bonchev–Trinajstić information content (AvgIpc) is 2.70. The van der Waals surface area contributed by atoms with E-state index in [1.165, 1.54) is 50.5 Å². The van der Waals surface area contributed by atoms with Crippen molar-refractivity contribution in [3.05, 3.63) is 23.8 Å². The standard InChI is InChI=1S/C30H48O2/c1-19-16-20-21(8-13-30(18-31)15-14-26(2,3)17-22(20)30)28(6)11-9-23-27(4,5)24(32)10-12-29(23,7)25(19)28/h16,21-25,31-32H,1,8-15,17-18H2,2-7H3/t21?,22?,23?,24-,25?,28-,29-,30-/m0/s1. The lowest BCUT2D eigenvalue weighted by atomic mass is 9.36. The number of allylic oxidation sites excluding steroid dienone is 3. The Morgan fingerprint density at radius 3 is 2.25 bits per heavy atom. The normalized spacial score (nSPS) is 51.6. The molecule has 8 atom stereocenters. The van der Waals surface area contributed by atoms with Gasteiger partial charge in [0.05, 0.1) is 6.10 Å². The van der Waals surface area contributed by atoms with Crippen LogP contribution in [-0.2, 0) is 0 Å². The molecule has 0 aromatic rings. The Labute approximate surface area is 197 Å². The highest BCUT2D eigenvalue weighted by Gasteiger charge is 2.65. The second-order valence-corrected chi connectivity index (χ2v) is 14.7. The topological polar surface area (TPSA) is 40.5 Å². The summed E-state index contributed by atoms with van der Waals surface area (Å²) in [5.41, 5.74) is 3.91. The van der Waals surface area contributed by atoms with Crippen LogP contribution in [0.1, 0.15) is 99.3 Å². The number of hydrogen-bond acceptors (Lipinski definition) is 2. The third-order valence-electron chi connectivity index (χ3n) is 12.2. The number of hydrogen-bond donors (Lipinski definition) is 2. The summed E-state index contributed by atoms with van der Waals surface area (Å²) < 4.78 is 0. The van der Waals surface area contributed by atoms with E-state index >= 15 is 0 Å². The Kier molecular flexibility index (Phi) is 5.04. The molecule has 5 aliphatic carbocycles. The van der Waals surface area contributed by atoms with Crippen molar-refractivity contribution in [3.8, 4) is 0 Å². The maximum Gasteiger partial charge on any atom is 0.0594 e. The van der Waals surface area contributed by atoms with Gasteiger partial charge in [-0.2, -0.15) is 0 Å². The molecule has 2 nitrogen and oxygen atoms in total. The number of aliphatic hydroxyl groups is 2. The van der Waals surface area contributed by atoms with Gasteiger partial charge in [0, 0.05) is 12.0 Å². The molecule has 32 heavy (non-hydrogen) atoms. The maximum absolute atomic E-state index is 10.9. The highest BCUT2D eigenvalue weighted by Crippen LogP contribution is 2.72. The van der Waals surface area contributed by atoms with Crippen LogP contribution >= 0.6 is 0 Å². The van der Waals surface area contributed by atoms with E-state index in [2.05, 4.69) is 47.6 Å². The number of aliphatic hydroxyl groups excluding tert-OH is 2. The molecule has 0 heterocycles. The third-order valence-corrected chi connectivity index (χ3v) is 12.2. The molecule has 0 aromatic carbocycles. The molecule has 4 fully saturated rings. The predicted octanol–water partition coefficient (Wildman–Crippen LogP) is 6.92. The Morgan fingerprint density at radius 1 is 0.875 bits per heavy atom. The lowest BCUT2D eigenvalue weighted by molar-refractivity contribution is -0.175. The molecule has 2 N–H and O–H groups in total. The van der Waals surface area contributed by atoms with Gasteiger partial charge in [-0.25, -0.2) is 0 Å². The van der Waals surface area contributed by atoms with Gasteiger partial charge in [-0.05, 0) is 103 Å². The second-order valence-electron chi connectivity index (χ2n) is 14.7. The zero-order chi connectivity index (χ0) is 23.3. The van der Waals surface area contributed by atoms with Gasteiger partial charge >= 0.3 is 0 Å². The molecule has 0 spiro atoms. The van der Waals surface area contributed by atoms with Crippen molar-refractivity contribution in [1.29, 1.82) is 0 Å². The molecule has 180 valence electrons. The first-order valence-corrected chi connectivity index (χ1v) is 13.5. The summed E-state index contributed by atoms with van der Waals surface area (Å²) in [7, 11) is 0. The predicted molar refractivity (Wildman–Crippen MR) is 132 cm³/mol. The van der Waals surface area contributed by atoms with Gasteiger partial charge in [0.1, 0.15) is 0 Å². The van der Waals surface area contributed by atoms with Crippen molar-refractivity contribution in [3.63, 3.8) is 0 Å². The van der Waals surface area contributed by atoms with Gasteiger partial charge in [-0.15, -0.1) is 0 Å². The van der Waals surface area contributed by atoms with E-state index in [0.29, 0.717) is 35.7 Å². The summed E-state index contributed by atoms with van der Waals surface area (Å²) in [5.74, 6) is 2.20. The van der Waals surface area contributed by atoms with E-state index in [1.54, 1.807) is 5.57 Å². The molecule has 5 rings (SSSR count). The zero-order valence-corrected chi connectivity index (χ0v) is 21.6. The van der Waals surface area contributed by atoms with Crippen LogP contribution in [0.4, 0.5) is 0 Å². The first-order chi connectivity index (χ1) is 14.8. The second kappa shape index (κ2) is 6.97. The summed E-state index contributed by atoms with van der Waals surface area (Å²) in [5, 5.41) is 21.5. The molecule has 0 aromatic heterocycles. The smallest absolute Gasteiger partial charge is 0.0594 e. The third kappa shape index (κ3) is 2.90. The van der Waals surface area contributed by atoms with Crippen LogP contribution in [0.15, 0.2) is 23.8 Å². The van der Waals surface area contributed by atoms with E-state index in [4.69, 9.17) is 6.58 Å². The van der Waals surface area contributed by atoms with Crippen molar-refractivity contribution < 1.29 is 10.2 Å². The molecule has 4 saturated carbocycles. The van der Waals surface area contributed by atoms with Gasteiger partial charge in [-0.1, -0.05) is 65.3 Å². The fourth-order valence-corrected chi connectivity index (χ4v) is 10.4. The largest absolute Gasteiger partial charge is 0.396 e. The Morgan fingerprint density at radius 2 is 1.56 bits per heavy atom. The first kappa shape index (κ1) is 23.2. The molecular weight excluding hydrogens is 392 g/mol. The Bertz CT molecular complexity index is 836. The lowest BCUT2D eigenvalue weighted by Gasteiger charge is -2.68. The summed E-state index contributed by atoms with van der Waals surface area (Å²) >= 11 is 0. The summed E-state index contributed by atoms with van der Waals surface area (Å²) in [6.45, 7) is 19.7. The molecule has 4 unspecified atom stereocenters. The van der Waals surface area contributed by atoms with Gasteiger partial charge in [0.2, 0.25) is 0 Å². The van der Waals surface area contributed by atoms with Crippen molar-refractivity contribution in [2.75, 3.05) is 6.61 Å². The van der Waals surface area contributed by atoms with Crippen LogP contribution in [0.2, 0.25) is 0 Å². The van der Waals surface area contributed by atoms with Gasteiger partial charge in [0.15, 0.2) is 0 Å². The van der Waals surface area contributed by atoms with Crippen LogP contribution in [0.25, 0.3) is 0 Å². The van der Waals surface area contributed by atoms with E-state index < -0.39 is 0 Å². The molecular formula is C30H48O2. The van der Waals surface area contributed by atoms with Crippen molar-refractivity contribution in [2.24, 2.45) is 50.7 Å². The van der Waals surface area contributed by atoms with Gasteiger partial charge < -0.3 is 10.2 Å². The van der Waals surface area contributed by atoms with Gasteiger partial charge in [0.25, 0.3) is 0 Å². The van der Waals surface area contributed by atoms with Crippen molar-refractivity contribution in [2.45, 2.75) is 105 Å². The quantitative estimate of drug-likeness (QED) is 0.465. The van der Waals surface area contributed by atoms with Crippen LogP contribution in [-0.4, -0.2) is 22.9 Å². The highest BCUT2D eigenvalue weighted by molar-refractivity contribution is 5.40. The lowest BCUT2D eigenvalue weighted by Crippen LogP contribution is -2.62. The minimum atomic E-state index is -0.183. The SMILES string of the molecule is C=C1C=C2C3CC(C)(C)CC[C@]3(CO)CCC2[C@]2(C)CCC3C(C)(C)[C@@H](O)CC[C@]3(C)C12. The minimum absolute atomic E-state index is 0.0232. The monoisotopic (exact) mass is 440 g/mol.